The Morgan fingerprint density at radius 2 is 1.95 bits per heavy atom. The van der Waals surface area contributed by atoms with Gasteiger partial charge in [-0.25, -0.2) is 0 Å². The van der Waals surface area contributed by atoms with Gasteiger partial charge in [0.15, 0.2) is 0 Å². The number of benzene rings is 2. The van der Waals surface area contributed by atoms with Gasteiger partial charge >= 0.3 is 0 Å². The number of anilines is 1. The Morgan fingerprint density at radius 1 is 1.10 bits per heavy atom. The van der Waals surface area contributed by atoms with Gasteiger partial charge in [-0.15, -0.1) is 0 Å². The zero-order valence-electron chi connectivity index (χ0n) is 12.9. The molecule has 0 aliphatic heterocycles. The van der Waals surface area contributed by atoms with Crippen LogP contribution in [0.5, 0.6) is 0 Å². The van der Waals surface area contributed by atoms with Crippen molar-refractivity contribution in [1.29, 1.82) is 0 Å². The van der Waals surface area contributed by atoms with Crippen LogP contribution in [0.2, 0.25) is 0 Å². The van der Waals surface area contributed by atoms with Crippen LogP contribution >= 0.6 is 0 Å². The standard InChI is InChI=1S/C19H23NO/c1-14(17-10-9-16-6-4-7-18(16)12-17)20-19-8-3-5-15(11-19)13-21-2/h3,5,8-12,14,20H,4,6-7,13H2,1-2H3. The molecule has 1 unspecified atom stereocenters. The summed E-state index contributed by atoms with van der Waals surface area (Å²) in [5.74, 6) is 0. The van der Waals surface area contributed by atoms with Crippen molar-refractivity contribution >= 4 is 5.69 Å². The fourth-order valence-electron chi connectivity index (χ4n) is 3.11. The minimum atomic E-state index is 0.314. The maximum absolute atomic E-state index is 5.20. The number of methoxy groups -OCH3 is 1. The molecular formula is C19H23NO. The smallest absolute Gasteiger partial charge is 0.0713 e. The summed E-state index contributed by atoms with van der Waals surface area (Å²) in [5.41, 5.74) is 6.79. The molecule has 0 saturated carbocycles. The molecular weight excluding hydrogens is 258 g/mol. The van der Waals surface area contributed by atoms with E-state index < -0.39 is 0 Å². The van der Waals surface area contributed by atoms with Gasteiger partial charge in [0.1, 0.15) is 0 Å². The predicted molar refractivity (Wildman–Crippen MR) is 87.7 cm³/mol. The van der Waals surface area contributed by atoms with Crippen LogP contribution in [0.25, 0.3) is 0 Å². The molecule has 0 heterocycles. The van der Waals surface area contributed by atoms with Crippen molar-refractivity contribution in [2.75, 3.05) is 12.4 Å². The molecule has 2 nitrogen and oxygen atoms in total. The molecule has 3 rings (SSSR count). The van der Waals surface area contributed by atoms with E-state index >= 15 is 0 Å². The topological polar surface area (TPSA) is 21.3 Å². The third kappa shape index (κ3) is 3.27. The lowest BCUT2D eigenvalue weighted by atomic mass is 10.0. The minimum absolute atomic E-state index is 0.314. The highest BCUT2D eigenvalue weighted by Crippen LogP contribution is 2.27. The van der Waals surface area contributed by atoms with Crippen LogP contribution in [0.1, 0.15) is 41.6 Å². The lowest BCUT2D eigenvalue weighted by molar-refractivity contribution is 0.185. The van der Waals surface area contributed by atoms with E-state index in [2.05, 4.69) is 54.7 Å². The molecule has 2 aromatic carbocycles. The summed E-state index contributed by atoms with van der Waals surface area (Å²) in [7, 11) is 1.73. The predicted octanol–water partition coefficient (Wildman–Crippen LogP) is 4.49. The largest absolute Gasteiger partial charge is 0.380 e. The monoisotopic (exact) mass is 281 g/mol. The molecule has 0 fully saturated rings. The first-order chi connectivity index (χ1) is 10.3. The molecule has 0 amide bonds. The zero-order chi connectivity index (χ0) is 14.7. The summed E-state index contributed by atoms with van der Waals surface area (Å²) in [6.45, 7) is 2.88. The molecule has 1 atom stereocenters. The Morgan fingerprint density at radius 3 is 2.81 bits per heavy atom. The molecule has 0 saturated heterocycles. The Balaban J connectivity index is 1.73. The Hall–Kier alpha value is -1.80. The lowest BCUT2D eigenvalue weighted by Gasteiger charge is -2.17. The van der Waals surface area contributed by atoms with Gasteiger partial charge in [-0.05, 0) is 60.6 Å². The fourth-order valence-corrected chi connectivity index (χ4v) is 3.11. The van der Waals surface area contributed by atoms with Crippen LogP contribution in [-0.4, -0.2) is 7.11 Å². The van der Waals surface area contributed by atoms with Crippen LogP contribution in [0, 0.1) is 0 Å². The van der Waals surface area contributed by atoms with Crippen LogP contribution in [0.15, 0.2) is 42.5 Å². The van der Waals surface area contributed by atoms with Crippen LogP contribution in [0.3, 0.4) is 0 Å². The van der Waals surface area contributed by atoms with Crippen molar-refractivity contribution < 1.29 is 4.74 Å². The molecule has 2 aromatic rings. The van der Waals surface area contributed by atoms with Crippen LogP contribution in [-0.2, 0) is 24.2 Å². The second kappa shape index (κ2) is 6.31. The summed E-state index contributed by atoms with van der Waals surface area (Å²) in [6, 6.07) is 15.7. The number of rotatable bonds is 5. The molecule has 2 heteroatoms. The molecule has 1 aliphatic carbocycles. The van der Waals surface area contributed by atoms with Gasteiger partial charge in [0.25, 0.3) is 0 Å². The molecule has 110 valence electrons. The van der Waals surface area contributed by atoms with E-state index in [0.29, 0.717) is 12.6 Å². The molecule has 21 heavy (non-hydrogen) atoms. The fraction of sp³-hybridized carbons (Fsp3) is 0.368. The number of ether oxygens (including phenoxy) is 1. The molecule has 0 radical (unpaired) electrons. The number of aryl methyl sites for hydroxylation is 2. The van der Waals surface area contributed by atoms with E-state index in [1.165, 1.54) is 41.5 Å². The molecule has 0 bridgehead atoms. The second-order valence-corrected chi connectivity index (χ2v) is 5.88. The van der Waals surface area contributed by atoms with E-state index in [9.17, 15) is 0 Å². The van der Waals surface area contributed by atoms with E-state index in [-0.39, 0.29) is 0 Å². The third-order valence-electron chi connectivity index (χ3n) is 4.24. The van der Waals surface area contributed by atoms with Crippen molar-refractivity contribution in [2.45, 2.75) is 38.8 Å². The lowest BCUT2D eigenvalue weighted by Crippen LogP contribution is -2.07. The van der Waals surface area contributed by atoms with E-state index in [0.717, 1.165) is 5.69 Å². The first-order valence-corrected chi connectivity index (χ1v) is 7.72. The summed E-state index contributed by atoms with van der Waals surface area (Å²) in [4.78, 5) is 0. The number of nitrogens with one attached hydrogen (secondary N) is 1. The average Bonchev–Trinajstić information content (AvgIpc) is 2.95. The summed E-state index contributed by atoms with van der Waals surface area (Å²) >= 11 is 0. The second-order valence-electron chi connectivity index (χ2n) is 5.88. The highest BCUT2D eigenvalue weighted by Gasteiger charge is 2.13. The number of hydrogen-bond donors (Lipinski definition) is 1. The Labute approximate surface area is 127 Å². The van der Waals surface area contributed by atoms with Crippen LogP contribution in [0.4, 0.5) is 5.69 Å². The minimum Gasteiger partial charge on any atom is -0.380 e. The van der Waals surface area contributed by atoms with Gasteiger partial charge < -0.3 is 10.1 Å². The van der Waals surface area contributed by atoms with Crippen molar-refractivity contribution in [3.05, 3.63) is 64.7 Å². The molecule has 0 spiro atoms. The Kier molecular flexibility index (Phi) is 4.26. The third-order valence-corrected chi connectivity index (χ3v) is 4.24. The zero-order valence-corrected chi connectivity index (χ0v) is 12.9. The molecule has 1 N–H and O–H groups in total. The number of fused-ring (bicyclic) bond motifs is 1. The first kappa shape index (κ1) is 14.2. The molecule has 1 aliphatic rings. The highest BCUT2D eigenvalue weighted by atomic mass is 16.5. The van der Waals surface area contributed by atoms with Crippen molar-refractivity contribution in [3.63, 3.8) is 0 Å². The normalized spacial score (nSPS) is 14.8. The van der Waals surface area contributed by atoms with Gasteiger partial charge in [-0.1, -0.05) is 30.3 Å². The maximum Gasteiger partial charge on any atom is 0.0713 e. The SMILES string of the molecule is COCc1cccc(NC(C)c2ccc3c(c2)CCC3)c1. The van der Waals surface area contributed by atoms with Gasteiger partial charge in [-0.2, -0.15) is 0 Å². The average molecular weight is 281 g/mol. The van der Waals surface area contributed by atoms with Crippen molar-refractivity contribution in [3.8, 4) is 0 Å². The maximum atomic E-state index is 5.20. The van der Waals surface area contributed by atoms with E-state index in [1.54, 1.807) is 7.11 Å². The summed E-state index contributed by atoms with van der Waals surface area (Å²) in [5, 5.41) is 3.59. The Bertz CT molecular complexity index is 621. The van der Waals surface area contributed by atoms with Gasteiger partial charge in [0, 0.05) is 18.8 Å². The van der Waals surface area contributed by atoms with Gasteiger partial charge in [-0.3, -0.25) is 0 Å². The number of hydrogen-bond acceptors (Lipinski definition) is 2. The quantitative estimate of drug-likeness (QED) is 0.871. The van der Waals surface area contributed by atoms with Crippen molar-refractivity contribution in [2.24, 2.45) is 0 Å². The highest BCUT2D eigenvalue weighted by molar-refractivity contribution is 5.48. The van der Waals surface area contributed by atoms with Crippen LogP contribution < -0.4 is 5.32 Å². The van der Waals surface area contributed by atoms with Crippen molar-refractivity contribution in [1.82, 2.24) is 0 Å². The van der Waals surface area contributed by atoms with E-state index in [4.69, 9.17) is 4.74 Å². The van der Waals surface area contributed by atoms with E-state index in [1.807, 2.05) is 0 Å². The first-order valence-electron chi connectivity index (χ1n) is 7.72. The summed E-state index contributed by atoms with van der Waals surface area (Å²) < 4.78 is 5.20. The van der Waals surface area contributed by atoms with Gasteiger partial charge in [0.05, 0.1) is 6.61 Å². The van der Waals surface area contributed by atoms with Gasteiger partial charge in [0.2, 0.25) is 0 Å². The summed E-state index contributed by atoms with van der Waals surface area (Å²) in [6.07, 6.45) is 3.79. The molecule has 0 aromatic heterocycles.